The molecule has 0 aromatic heterocycles. The van der Waals surface area contributed by atoms with Gasteiger partial charge in [0.2, 0.25) is 5.91 Å². The molecule has 84 valence electrons. The Bertz CT molecular complexity index is 424. The average Bonchev–Trinajstić information content (AvgIpc) is 2.27. The third-order valence-electron chi connectivity index (χ3n) is 2.24. The molecule has 0 unspecified atom stereocenters. The molecule has 0 saturated heterocycles. The molecule has 1 aromatic carbocycles. The van der Waals surface area contributed by atoms with Gasteiger partial charge in [0, 0.05) is 12.1 Å². The summed E-state index contributed by atoms with van der Waals surface area (Å²) in [5.41, 5.74) is 1.35. The fourth-order valence-electron chi connectivity index (χ4n) is 1.28. The van der Waals surface area contributed by atoms with Crippen molar-refractivity contribution in [3.8, 4) is 6.07 Å². The van der Waals surface area contributed by atoms with E-state index in [0.717, 1.165) is 12.0 Å². The maximum absolute atomic E-state index is 13.5. The molecule has 1 N–H and O–H groups in total. The lowest BCUT2D eigenvalue weighted by Gasteiger charge is -2.06. The molecule has 16 heavy (non-hydrogen) atoms. The minimum absolute atomic E-state index is 0.121. The number of halogens is 1. The number of nitrogens with one attached hydrogen (secondary N) is 1. The van der Waals surface area contributed by atoms with Crippen LogP contribution in [0.25, 0.3) is 0 Å². The molecule has 1 amide bonds. The first-order valence-electron chi connectivity index (χ1n) is 5.08. The maximum Gasteiger partial charge on any atom is 0.234 e. The van der Waals surface area contributed by atoms with Crippen LogP contribution in [0.2, 0.25) is 0 Å². The summed E-state index contributed by atoms with van der Waals surface area (Å²) < 4.78 is 13.5. The van der Waals surface area contributed by atoms with Gasteiger partial charge in [0.1, 0.15) is 12.2 Å². The van der Waals surface area contributed by atoms with Crippen LogP contribution in [0.3, 0.4) is 0 Å². The van der Waals surface area contributed by atoms with Crippen molar-refractivity contribution in [3.63, 3.8) is 0 Å². The second kappa shape index (κ2) is 5.86. The molecule has 0 bridgehead atoms. The molecule has 0 aliphatic heterocycles. The van der Waals surface area contributed by atoms with Crippen molar-refractivity contribution in [2.75, 3.05) is 0 Å². The monoisotopic (exact) mass is 220 g/mol. The van der Waals surface area contributed by atoms with Gasteiger partial charge in [-0.25, -0.2) is 4.39 Å². The van der Waals surface area contributed by atoms with Gasteiger partial charge in [0.25, 0.3) is 0 Å². The number of nitrogens with zero attached hydrogens (tertiary/aromatic N) is 1. The first kappa shape index (κ1) is 12.2. The van der Waals surface area contributed by atoms with E-state index in [2.05, 4.69) is 5.32 Å². The van der Waals surface area contributed by atoms with Crippen LogP contribution in [0, 0.1) is 17.1 Å². The van der Waals surface area contributed by atoms with Gasteiger partial charge in [0.05, 0.1) is 6.07 Å². The van der Waals surface area contributed by atoms with Crippen molar-refractivity contribution < 1.29 is 9.18 Å². The number of carbonyl (C=O) groups excluding carboxylic acids is 1. The fraction of sp³-hybridized carbons (Fsp3) is 0.333. The summed E-state index contributed by atoms with van der Waals surface area (Å²) in [7, 11) is 0. The second-order valence-corrected chi connectivity index (χ2v) is 3.39. The molecule has 0 spiro atoms. The molecule has 0 radical (unpaired) electrons. The third kappa shape index (κ3) is 3.35. The number of benzene rings is 1. The number of rotatable bonds is 4. The summed E-state index contributed by atoms with van der Waals surface area (Å²) in [6, 6.07) is 6.68. The molecular formula is C12H13FN2O. The van der Waals surface area contributed by atoms with E-state index in [9.17, 15) is 9.18 Å². The Morgan fingerprint density at radius 1 is 1.56 bits per heavy atom. The molecule has 0 saturated carbocycles. The normalized spacial score (nSPS) is 9.56. The number of nitriles is 1. The lowest BCUT2D eigenvalue weighted by atomic mass is 10.1. The zero-order valence-electron chi connectivity index (χ0n) is 9.09. The molecular weight excluding hydrogens is 207 g/mol. The van der Waals surface area contributed by atoms with Crippen LogP contribution in [0.15, 0.2) is 18.2 Å². The van der Waals surface area contributed by atoms with Crippen LogP contribution in [-0.2, 0) is 17.8 Å². The Labute approximate surface area is 93.9 Å². The van der Waals surface area contributed by atoms with Crippen LogP contribution in [0.4, 0.5) is 4.39 Å². The highest BCUT2D eigenvalue weighted by molar-refractivity contribution is 5.77. The molecule has 0 aliphatic rings. The van der Waals surface area contributed by atoms with Gasteiger partial charge in [0.15, 0.2) is 0 Å². The average molecular weight is 220 g/mol. The SMILES string of the molecule is CCc1ccc(CNC(=O)CC#N)c(F)c1. The highest BCUT2D eigenvalue weighted by Gasteiger charge is 2.05. The van der Waals surface area contributed by atoms with Crippen molar-refractivity contribution in [1.29, 1.82) is 5.26 Å². The summed E-state index contributed by atoms with van der Waals surface area (Å²) >= 11 is 0. The number of hydrogen-bond acceptors (Lipinski definition) is 2. The Balaban J connectivity index is 2.61. The van der Waals surface area contributed by atoms with Crippen molar-refractivity contribution in [2.45, 2.75) is 26.3 Å². The van der Waals surface area contributed by atoms with E-state index in [0.29, 0.717) is 5.56 Å². The third-order valence-corrected chi connectivity index (χ3v) is 2.24. The number of aryl methyl sites for hydroxylation is 1. The quantitative estimate of drug-likeness (QED) is 0.842. The summed E-state index contributed by atoms with van der Waals surface area (Å²) in [5.74, 6) is -0.710. The minimum atomic E-state index is -0.388. The van der Waals surface area contributed by atoms with E-state index < -0.39 is 0 Å². The predicted octanol–water partition coefficient (Wildman–Crippen LogP) is 1.92. The molecule has 1 rings (SSSR count). The lowest BCUT2D eigenvalue weighted by Crippen LogP contribution is -2.22. The fourth-order valence-corrected chi connectivity index (χ4v) is 1.28. The second-order valence-electron chi connectivity index (χ2n) is 3.39. The highest BCUT2D eigenvalue weighted by Crippen LogP contribution is 2.10. The largest absolute Gasteiger partial charge is 0.351 e. The topological polar surface area (TPSA) is 52.9 Å². The Kier molecular flexibility index (Phi) is 4.46. The van der Waals surface area contributed by atoms with Gasteiger partial charge in [-0.1, -0.05) is 19.1 Å². The molecule has 1 aromatic rings. The lowest BCUT2D eigenvalue weighted by molar-refractivity contribution is -0.120. The highest BCUT2D eigenvalue weighted by atomic mass is 19.1. The number of hydrogen-bond donors (Lipinski definition) is 1. The van der Waals surface area contributed by atoms with Crippen LogP contribution < -0.4 is 5.32 Å². The maximum atomic E-state index is 13.5. The van der Waals surface area contributed by atoms with Gasteiger partial charge >= 0.3 is 0 Å². The van der Waals surface area contributed by atoms with E-state index in [-0.39, 0.29) is 24.7 Å². The first-order valence-corrected chi connectivity index (χ1v) is 5.08. The minimum Gasteiger partial charge on any atom is -0.351 e. The van der Waals surface area contributed by atoms with Crippen LogP contribution >= 0.6 is 0 Å². The summed E-state index contributed by atoms with van der Waals surface area (Å²) in [6.07, 6.45) is 0.576. The van der Waals surface area contributed by atoms with Gasteiger partial charge in [-0.2, -0.15) is 5.26 Å². The van der Waals surface area contributed by atoms with Crippen LogP contribution in [0.5, 0.6) is 0 Å². The summed E-state index contributed by atoms with van der Waals surface area (Å²) in [5, 5.41) is 10.7. The predicted molar refractivity (Wildman–Crippen MR) is 57.9 cm³/mol. The van der Waals surface area contributed by atoms with E-state index >= 15 is 0 Å². The molecule has 4 heteroatoms. The Morgan fingerprint density at radius 3 is 2.88 bits per heavy atom. The first-order chi connectivity index (χ1) is 7.67. The standard InChI is InChI=1S/C12H13FN2O/c1-2-9-3-4-10(11(13)7-9)8-15-12(16)5-6-14/h3-4,7H,2,5,8H2,1H3,(H,15,16). The Morgan fingerprint density at radius 2 is 2.31 bits per heavy atom. The summed E-state index contributed by atoms with van der Waals surface area (Å²) in [4.78, 5) is 11.0. The molecule has 0 fully saturated rings. The van der Waals surface area contributed by atoms with E-state index in [1.807, 2.05) is 13.0 Å². The molecule has 0 heterocycles. The van der Waals surface area contributed by atoms with Crippen molar-refractivity contribution >= 4 is 5.91 Å². The Hall–Kier alpha value is -1.89. The van der Waals surface area contributed by atoms with Crippen LogP contribution in [-0.4, -0.2) is 5.91 Å². The molecule has 3 nitrogen and oxygen atoms in total. The molecule has 0 atom stereocenters. The van der Waals surface area contributed by atoms with Crippen molar-refractivity contribution in [1.82, 2.24) is 5.32 Å². The van der Waals surface area contributed by atoms with Gasteiger partial charge in [-0.05, 0) is 18.1 Å². The van der Waals surface area contributed by atoms with E-state index in [1.54, 1.807) is 12.1 Å². The summed E-state index contributed by atoms with van der Waals surface area (Å²) in [6.45, 7) is 2.07. The van der Waals surface area contributed by atoms with Gasteiger partial charge in [-0.3, -0.25) is 4.79 Å². The van der Waals surface area contributed by atoms with E-state index in [4.69, 9.17) is 5.26 Å². The zero-order chi connectivity index (χ0) is 12.0. The number of carbonyl (C=O) groups is 1. The van der Waals surface area contributed by atoms with Crippen LogP contribution in [0.1, 0.15) is 24.5 Å². The van der Waals surface area contributed by atoms with Gasteiger partial charge < -0.3 is 5.32 Å². The van der Waals surface area contributed by atoms with Crippen molar-refractivity contribution in [2.24, 2.45) is 0 Å². The smallest absolute Gasteiger partial charge is 0.234 e. The zero-order valence-corrected chi connectivity index (χ0v) is 9.09. The van der Waals surface area contributed by atoms with Gasteiger partial charge in [-0.15, -0.1) is 0 Å². The van der Waals surface area contributed by atoms with Crippen molar-refractivity contribution in [3.05, 3.63) is 35.1 Å². The number of amides is 1. The molecule has 0 aliphatic carbocycles. The van der Waals surface area contributed by atoms with E-state index in [1.165, 1.54) is 6.07 Å².